The van der Waals surface area contributed by atoms with Gasteiger partial charge < -0.3 is 16.4 Å². The summed E-state index contributed by atoms with van der Waals surface area (Å²) in [4.78, 5) is 22.1. The van der Waals surface area contributed by atoms with E-state index in [9.17, 15) is 9.59 Å². The summed E-state index contributed by atoms with van der Waals surface area (Å²) in [5, 5.41) is 5.60. The standard InChI is InChI=1S/C11H15N3O2.ClH/c1-13-7-6-10(15)14-9-4-2-8(3-5-9)11(12)16;/h2-5,13H,6-7H2,1H3,(H2,12,16)(H,14,15);1H. The van der Waals surface area contributed by atoms with Gasteiger partial charge in [0.05, 0.1) is 0 Å². The number of rotatable bonds is 5. The minimum atomic E-state index is -0.479. The zero-order valence-corrected chi connectivity index (χ0v) is 10.3. The normalized spacial score (nSPS) is 9.24. The van der Waals surface area contributed by atoms with Crippen molar-refractivity contribution in [2.24, 2.45) is 5.73 Å². The highest BCUT2D eigenvalue weighted by atomic mass is 35.5. The van der Waals surface area contributed by atoms with Crippen molar-refractivity contribution >= 4 is 29.9 Å². The smallest absolute Gasteiger partial charge is 0.248 e. The Morgan fingerprint density at radius 2 is 1.82 bits per heavy atom. The van der Waals surface area contributed by atoms with E-state index in [1.165, 1.54) is 0 Å². The van der Waals surface area contributed by atoms with Crippen molar-refractivity contribution < 1.29 is 9.59 Å². The van der Waals surface area contributed by atoms with Crippen LogP contribution in [0.15, 0.2) is 24.3 Å². The van der Waals surface area contributed by atoms with Gasteiger partial charge in [0.25, 0.3) is 0 Å². The van der Waals surface area contributed by atoms with E-state index in [2.05, 4.69) is 10.6 Å². The van der Waals surface area contributed by atoms with E-state index >= 15 is 0 Å². The van der Waals surface area contributed by atoms with Gasteiger partial charge >= 0.3 is 0 Å². The minimum absolute atomic E-state index is 0. The molecule has 0 heterocycles. The Morgan fingerprint density at radius 3 is 2.29 bits per heavy atom. The summed E-state index contributed by atoms with van der Waals surface area (Å²) in [6, 6.07) is 6.46. The Kier molecular flexibility index (Phi) is 6.93. The molecule has 2 amide bonds. The lowest BCUT2D eigenvalue weighted by molar-refractivity contribution is -0.116. The minimum Gasteiger partial charge on any atom is -0.366 e. The summed E-state index contributed by atoms with van der Waals surface area (Å²) in [5.41, 5.74) is 6.18. The van der Waals surface area contributed by atoms with Crippen molar-refractivity contribution in [2.45, 2.75) is 6.42 Å². The van der Waals surface area contributed by atoms with Crippen molar-refractivity contribution in [1.82, 2.24) is 5.32 Å². The Morgan fingerprint density at radius 1 is 1.24 bits per heavy atom. The van der Waals surface area contributed by atoms with Crippen molar-refractivity contribution in [1.29, 1.82) is 0 Å². The molecule has 4 N–H and O–H groups in total. The molecule has 0 saturated heterocycles. The molecule has 0 spiro atoms. The number of hydrogen-bond donors (Lipinski definition) is 3. The number of nitrogens with two attached hydrogens (primary N) is 1. The van der Waals surface area contributed by atoms with Crippen molar-refractivity contribution in [3.05, 3.63) is 29.8 Å². The molecule has 94 valence electrons. The van der Waals surface area contributed by atoms with Gasteiger partial charge in [-0.3, -0.25) is 9.59 Å². The molecule has 0 atom stereocenters. The molecule has 0 bridgehead atoms. The van der Waals surface area contributed by atoms with E-state index in [-0.39, 0.29) is 18.3 Å². The van der Waals surface area contributed by atoms with Crippen LogP contribution in [-0.4, -0.2) is 25.4 Å². The van der Waals surface area contributed by atoms with Gasteiger partial charge in [0.1, 0.15) is 0 Å². The van der Waals surface area contributed by atoms with Gasteiger partial charge in [-0.2, -0.15) is 0 Å². The number of nitrogens with one attached hydrogen (secondary N) is 2. The van der Waals surface area contributed by atoms with Crippen LogP contribution in [-0.2, 0) is 4.79 Å². The molecule has 5 nitrogen and oxygen atoms in total. The molecule has 0 aliphatic rings. The third-order valence-electron chi connectivity index (χ3n) is 2.06. The van der Waals surface area contributed by atoms with Crippen molar-refractivity contribution in [2.75, 3.05) is 18.9 Å². The fourth-order valence-corrected chi connectivity index (χ4v) is 1.18. The SMILES string of the molecule is CNCCC(=O)Nc1ccc(C(N)=O)cc1.Cl. The quantitative estimate of drug-likeness (QED) is 0.728. The number of anilines is 1. The van der Waals surface area contributed by atoms with Gasteiger partial charge in [-0.05, 0) is 31.3 Å². The van der Waals surface area contributed by atoms with Crippen LogP contribution in [0.4, 0.5) is 5.69 Å². The maximum Gasteiger partial charge on any atom is 0.248 e. The van der Waals surface area contributed by atoms with E-state index in [1.54, 1.807) is 31.3 Å². The van der Waals surface area contributed by atoms with Gasteiger partial charge in [0.15, 0.2) is 0 Å². The average molecular weight is 258 g/mol. The number of carbonyl (C=O) groups is 2. The van der Waals surface area contributed by atoms with Crippen LogP contribution in [0.25, 0.3) is 0 Å². The van der Waals surface area contributed by atoms with E-state index in [1.807, 2.05) is 0 Å². The van der Waals surface area contributed by atoms with Crippen LogP contribution in [0.3, 0.4) is 0 Å². The number of carbonyl (C=O) groups excluding carboxylic acids is 2. The molecular formula is C11H16ClN3O2. The molecule has 6 heteroatoms. The first-order valence-corrected chi connectivity index (χ1v) is 4.98. The molecule has 0 aliphatic heterocycles. The van der Waals surface area contributed by atoms with Gasteiger partial charge in [-0.15, -0.1) is 12.4 Å². The molecular weight excluding hydrogens is 242 g/mol. The van der Waals surface area contributed by atoms with Crippen LogP contribution < -0.4 is 16.4 Å². The predicted molar refractivity (Wildman–Crippen MR) is 69.4 cm³/mol. The highest BCUT2D eigenvalue weighted by Gasteiger charge is 2.03. The molecule has 17 heavy (non-hydrogen) atoms. The summed E-state index contributed by atoms with van der Waals surface area (Å²) in [6.07, 6.45) is 0.411. The second kappa shape index (κ2) is 7.65. The lowest BCUT2D eigenvalue weighted by Crippen LogP contribution is -2.18. The van der Waals surface area contributed by atoms with Gasteiger partial charge in [-0.1, -0.05) is 0 Å². The molecule has 0 aliphatic carbocycles. The fourth-order valence-electron chi connectivity index (χ4n) is 1.18. The van der Waals surface area contributed by atoms with E-state index < -0.39 is 5.91 Å². The Hall–Kier alpha value is -1.59. The Bertz CT molecular complexity index is 379. The predicted octanol–water partition coefficient (Wildman–Crippen LogP) is 0.755. The molecule has 0 radical (unpaired) electrons. The maximum atomic E-state index is 11.3. The second-order valence-electron chi connectivity index (χ2n) is 3.34. The van der Waals surface area contributed by atoms with E-state index in [0.717, 1.165) is 0 Å². The summed E-state index contributed by atoms with van der Waals surface area (Å²) >= 11 is 0. The molecule has 0 fully saturated rings. The van der Waals surface area contributed by atoms with Gasteiger partial charge in [-0.25, -0.2) is 0 Å². The summed E-state index contributed by atoms with van der Waals surface area (Å²) in [7, 11) is 1.79. The second-order valence-corrected chi connectivity index (χ2v) is 3.34. The topological polar surface area (TPSA) is 84.2 Å². The summed E-state index contributed by atoms with van der Waals surface area (Å²) in [5.74, 6) is -0.547. The number of hydrogen-bond acceptors (Lipinski definition) is 3. The number of amides is 2. The first-order valence-electron chi connectivity index (χ1n) is 4.98. The highest BCUT2D eigenvalue weighted by Crippen LogP contribution is 2.09. The molecule has 1 aromatic rings. The number of benzene rings is 1. The Labute approximate surface area is 106 Å². The van der Waals surface area contributed by atoms with Crippen LogP contribution >= 0.6 is 12.4 Å². The maximum absolute atomic E-state index is 11.3. The zero-order chi connectivity index (χ0) is 12.0. The van der Waals surface area contributed by atoms with Crippen LogP contribution in [0.2, 0.25) is 0 Å². The molecule has 0 unspecified atom stereocenters. The van der Waals surface area contributed by atoms with Crippen LogP contribution in [0, 0.1) is 0 Å². The third-order valence-corrected chi connectivity index (χ3v) is 2.06. The zero-order valence-electron chi connectivity index (χ0n) is 9.53. The molecule has 0 saturated carbocycles. The Balaban J connectivity index is 0.00000256. The fraction of sp³-hybridized carbons (Fsp3) is 0.273. The highest BCUT2D eigenvalue weighted by molar-refractivity contribution is 5.94. The lowest BCUT2D eigenvalue weighted by Gasteiger charge is -2.05. The van der Waals surface area contributed by atoms with Crippen LogP contribution in [0.1, 0.15) is 16.8 Å². The summed E-state index contributed by atoms with van der Waals surface area (Å²) in [6.45, 7) is 0.630. The van der Waals surface area contributed by atoms with Gasteiger partial charge in [0, 0.05) is 24.2 Å². The third kappa shape index (κ3) is 5.33. The van der Waals surface area contributed by atoms with Crippen molar-refractivity contribution in [3.8, 4) is 0 Å². The lowest BCUT2D eigenvalue weighted by atomic mass is 10.2. The van der Waals surface area contributed by atoms with E-state index in [0.29, 0.717) is 24.2 Å². The van der Waals surface area contributed by atoms with Gasteiger partial charge in [0.2, 0.25) is 11.8 Å². The monoisotopic (exact) mass is 257 g/mol. The first kappa shape index (κ1) is 15.4. The average Bonchev–Trinajstić information content (AvgIpc) is 2.27. The summed E-state index contributed by atoms with van der Waals surface area (Å²) < 4.78 is 0. The number of primary amides is 1. The molecule has 1 rings (SSSR count). The molecule has 0 aromatic heterocycles. The first-order chi connectivity index (χ1) is 7.63. The largest absolute Gasteiger partial charge is 0.366 e. The van der Waals surface area contributed by atoms with Crippen molar-refractivity contribution in [3.63, 3.8) is 0 Å². The molecule has 1 aromatic carbocycles. The van der Waals surface area contributed by atoms with E-state index in [4.69, 9.17) is 5.73 Å². The van der Waals surface area contributed by atoms with Crippen LogP contribution in [0.5, 0.6) is 0 Å². The number of halogens is 1.